The number of carbonyl (C=O) groups is 4. The standard InChI is InChI=1S/C20H20N2O5S/c1-10-18(12(3)23)11(2)21-19(10)14(24)9-27-17(25)8-16-20(26)22-13-6-4-5-7-15(13)28-16/h4-7,16,21H,8-9H2,1-3H3,(H,22,26)/t16-/m0/s1. The van der Waals surface area contributed by atoms with Gasteiger partial charge in [0.05, 0.1) is 23.1 Å². The summed E-state index contributed by atoms with van der Waals surface area (Å²) in [5, 5.41) is 2.15. The van der Waals surface area contributed by atoms with Gasteiger partial charge in [0.15, 0.2) is 12.4 Å². The number of fused-ring (bicyclic) bond motifs is 1. The molecule has 1 aliphatic rings. The minimum absolute atomic E-state index is 0.136. The molecule has 7 nitrogen and oxygen atoms in total. The molecule has 2 aromatic rings. The number of thioether (sulfide) groups is 1. The van der Waals surface area contributed by atoms with Gasteiger partial charge in [-0.2, -0.15) is 0 Å². The van der Waals surface area contributed by atoms with Crippen molar-refractivity contribution in [2.45, 2.75) is 37.3 Å². The number of carbonyl (C=O) groups excluding carboxylic acids is 4. The molecule has 0 unspecified atom stereocenters. The lowest BCUT2D eigenvalue weighted by Gasteiger charge is -2.23. The molecule has 1 aromatic heterocycles. The lowest BCUT2D eigenvalue weighted by molar-refractivity contribution is -0.143. The van der Waals surface area contributed by atoms with Gasteiger partial charge in [-0.05, 0) is 38.5 Å². The fraction of sp³-hybridized carbons (Fsp3) is 0.300. The highest BCUT2D eigenvalue weighted by atomic mass is 32.2. The van der Waals surface area contributed by atoms with E-state index in [0.717, 1.165) is 10.6 Å². The first-order valence-corrected chi connectivity index (χ1v) is 9.61. The number of anilines is 1. The van der Waals surface area contributed by atoms with Crippen molar-refractivity contribution >= 4 is 40.9 Å². The van der Waals surface area contributed by atoms with Gasteiger partial charge in [-0.1, -0.05) is 12.1 Å². The molecule has 1 amide bonds. The third kappa shape index (κ3) is 4.01. The number of benzene rings is 1. The Labute approximate surface area is 166 Å². The van der Waals surface area contributed by atoms with Gasteiger partial charge in [-0.3, -0.25) is 19.2 Å². The molecule has 0 saturated heterocycles. The van der Waals surface area contributed by atoms with Crippen LogP contribution in [0.1, 0.15) is 45.4 Å². The van der Waals surface area contributed by atoms with Crippen LogP contribution >= 0.6 is 11.8 Å². The highest BCUT2D eigenvalue weighted by Crippen LogP contribution is 2.36. The molecule has 0 spiro atoms. The summed E-state index contributed by atoms with van der Waals surface area (Å²) in [6.45, 7) is 4.37. The van der Waals surface area contributed by atoms with E-state index in [1.807, 2.05) is 18.2 Å². The summed E-state index contributed by atoms with van der Waals surface area (Å²) in [5.74, 6) is -1.46. The van der Waals surface area contributed by atoms with Crippen LogP contribution in [0.15, 0.2) is 29.2 Å². The number of hydrogen-bond donors (Lipinski definition) is 2. The number of H-pyrrole nitrogens is 1. The van der Waals surface area contributed by atoms with Crippen molar-refractivity contribution in [2.24, 2.45) is 0 Å². The Morgan fingerprint density at radius 1 is 1.18 bits per heavy atom. The Morgan fingerprint density at radius 2 is 1.89 bits per heavy atom. The molecular weight excluding hydrogens is 380 g/mol. The minimum Gasteiger partial charge on any atom is -0.457 e. The van der Waals surface area contributed by atoms with E-state index in [4.69, 9.17) is 4.74 Å². The highest BCUT2D eigenvalue weighted by Gasteiger charge is 2.30. The summed E-state index contributed by atoms with van der Waals surface area (Å²) in [6.07, 6.45) is -0.139. The largest absolute Gasteiger partial charge is 0.457 e. The first-order chi connectivity index (χ1) is 13.3. The number of rotatable bonds is 6. The Morgan fingerprint density at radius 3 is 2.57 bits per heavy atom. The third-order valence-electron chi connectivity index (χ3n) is 4.49. The quantitative estimate of drug-likeness (QED) is 0.570. The monoisotopic (exact) mass is 400 g/mol. The maximum absolute atomic E-state index is 12.4. The van der Waals surface area contributed by atoms with Crippen LogP contribution in [0.3, 0.4) is 0 Å². The van der Waals surface area contributed by atoms with E-state index in [1.165, 1.54) is 18.7 Å². The predicted molar refractivity (Wildman–Crippen MR) is 105 cm³/mol. The average Bonchev–Trinajstić information content (AvgIpc) is 2.94. The molecule has 2 N–H and O–H groups in total. The van der Waals surface area contributed by atoms with Crippen LogP contribution in [0.5, 0.6) is 0 Å². The van der Waals surface area contributed by atoms with Gasteiger partial charge in [0.2, 0.25) is 11.7 Å². The van der Waals surface area contributed by atoms with Gasteiger partial charge in [0.25, 0.3) is 0 Å². The van der Waals surface area contributed by atoms with Crippen molar-refractivity contribution in [1.29, 1.82) is 0 Å². The Hall–Kier alpha value is -2.87. The van der Waals surface area contributed by atoms with Crippen LogP contribution < -0.4 is 5.32 Å². The summed E-state index contributed by atoms with van der Waals surface area (Å²) in [7, 11) is 0. The summed E-state index contributed by atoms with van der Waals surface area (Å²) in [4.78, 5) is 52.1. The van der Waals surface area contributed by atoms with Crippen LogP contribution in [-0.2, 0) is 14.3 Å². The summed E-state index contributed by atoms with van der Waals surface area (Å²) >= 11 is 1.29. The molecule has 1 atom stereocenters. The summed E-state index contributed by atoms with van der Waals surface area (Å²) in [5.41, 5.74) is 2.60. The van der Waals surface area contributed by atoms with E-state index < -0.39 is 23.6 Å². The number of Topliss-reactive ketones (excluding diaryl/α,β-unsaturated/α-hetero) is 2. The number of hydrogen-bond acceptors (Lipinski definition) is 6. The molecule has 1 aromatic carbocycles. The predicted octanol–water partition coefficient (Wildman–Crippen LogP) is 3.06. The average molecular weight is 400 g/mol. The van der Waals surface area contributed by atoms with Crippen molar-refractivity contribution in [1.82, 2.24) is 4.98 Å². The first-order valence-electron chi connectivity index (χ1n) is 8.73. The topological polar surface area (TPSA) is 105 Å². The maximum Gasteiger partial charge on any atom is 0.307 e. The third-order valence-corrected chi connectivity index (χ3v) is 5.77. The number of aryl methyl sites for hydroxylation is 1. The van der Waals surface area contributed by atoms with Crippen molar-refractivity contribution in [3.05, 3.63) is 46.8 Å². The molecule has 3 rings (SSSR count). The second kappa shape index (κ2) is 8.02. The van der Waals surface area contributed by atoms with Crippen molar-refractivity contribution in [3.8, 4) is 0 Å². The minimum atomic E-state index is -0.631. The Balaban J connectivity index is 1.59. The van der Waals surface area contributed by atoms with Crippen LogP contribution in [0, 0.1) is 13.8 Å². The lowest BCUT2D eigenvalue weighted by Crippen LogP contribution is -2.31. The number of nitrogens with one attached hydrogen (secondary N) is 2. The summed E-state index contributed by atoms with van der Waals surface area (Å²) < 4.78 is 5.08. The van der Waals surface area contributed by atoms with Gasteiger partial charge in [-0.25, -0.2) is 0 Å². The fourth-order valence-electron chi connectivity index (χ4n) is 3.21. The van der Waals surface area contributed by atoms with Gasteiger partial charge in [0, 0.05) is 16.2 Å². The van der Waals surface area contributed by atoms with Crippen LogP contribution in [0.25, 0.3) is 0 Å². The van der Waals surface area contributed by atoms with E-state index in [9.17, 15) is 19.2 Å². The number of aromatic nitrogens is 1. The number of esters is 1. The molecule has 0 fully saturated rings. The van der Waals surface area contributed by atoms with Crippen molar-refractivity contribution in [3.63, 3.8) is 0 Å². The number of ketones is 2. The molecule has 0 bridgehead atoms. The van der Waals surface area contributed by atoms with Crippen molar-refractivity contribution < 1.29 is 23.9 Å². The molecule has 1 aliphatic heterocycles. The van der Waals surface area contributed by atoms with Crippen LogP contribution in [0.2, 0.25) is 0 Å². The number of ether oxygens (including phenoxy) is 1. The number of amides is 1. The first kappa shape index (κ1) is 19.9. The molecule has 0 aliphatic carbocycles. The Kier molecular flexibility index (Phi) is 5.69. The van der Waals surface area contributed by atoms with Gasteiger partial charge < -0.3 is 15.0 Å². The van der Waals surface area contributed by atoms with Crippen LogP contribution in [-0.4, -0.2) is 40.3 Å². The van der Waals surface area contributed by atoms with E-state index in [2.05, 4.69) is 10.3 Å². The van der Waals surface area contributed by atoms with Crippen LogP contribution in [0.4, 0.5) is 5.69 Å². The number of para-hydroxylation sites is 1. The van der Waals surface area contributed by atoms with Gasteiger partial charge >= 0.3 is 5.97 Å². The lowest BCUT2D eigenvalue weighted by atomic mass is 10.1. The SMILES string of the molecule is CC(=O)c1c(C)[nH]c(C(=O)COC(=O)C[C@@H]2Sc3ccccc3NC2=O)c1C. The second-order valence-electron chi connectivity index (χ2n) is 6.56. The molecule has 0 saturated carbocycles. The van der Waals surface area contributed by atoms with E-state index in [-0.39, 0.29) is 23.8 Å². The fourth-order valence-corrected chi connectivity index (χ4v) is 4.31. The second-order valence-corrected chi connectivity index (χ2v) is 7.81. The molecule has 28 heavy (non-hydrogen) atoms. The van der Waals surface area contributed by atoms with Crippen molar-refractivity contribution in [2.75, 3.05) is 11.9 Å². The molecule has 0 radical (unpaired) electrons. The summed E-state index contributed by atoms with van der Waals surface area (Å²) in [6, 6.07) is 7.34. The maximum atomic E-state index is 12.4. The zero-order valence-corrected chi connectivity index (χ0v) is 16.6. The van der Waals surface area contributed by atoms with E-state index >= 15 is 0 Å². The zero-order valence-electron chi connectivity index (χ0n) is 15.8. The Bertz CT molecular complexity index is 979. The van der Waals surface area contributed by atoms with Gasteiger partial charge in [0.1, 0.15) is 0 Å². The van der Waals surface area contributed by atoms with Gasteiger partial charge in [-0.15, -0.1) is 11.8 Å². The van der Waals surface area contributed by atoms with E-state index in [1.54, 1.807) is 19.9 Å². The smallest absolute Gasteiger partial charge is 0.307 e. The van der Waals surface area contributed by atoms with E-state index in [0.29, 0.717) is 16.8 Å². The number of aromatic amines is 1. The molecule has 146 valence electrons. The zero-order chi connectivity index (χ0) is 20.4. The molecular formula is C20H20N2O5S. The molecule has 8 heteroatoms. The molecule has 2 heterocycles. The normalized spacial score (nSPS) is 15.5. The highest BCUT2D eigenvalue weighted by molar-refractivity contribution is 8.01.